The summed E-state index contributed by atoms with van der Waals surface area (Å²) >= 11 is 6.99. The minimum Gasteiger partial charge on any atom is -0.377 e. The summed E-state index contributed by atoms with van der Waals surface area (Å²) in [6.45, 7) is 3.84. The summed E-state index contributed by atoms with van der Waals surface area (Å²) in [5.41, 5.74) is 1.21. The molecule has 0 fully saturated rings. The molecular weight excluding hydrogens is 380 g/mol. The molecule has 0 radical (unpaired) electrons. The fourth-order valence-corrected chi connectivity index (χ4v) is 3.61. The molecule has 0 unspecified atom stereocenters. The van der Waals surface area contributed by atoms with Crippen molar-refractivity contribution in [3.8, 4) is 0 Å². The zero-order valence-corrected chi connectivity index (χ0v) is 15.6. The van der Waals surface area contributed by atoms with E-state index >= 15 is 0 Å². The van der Waals surface area contributed by atoms with E-state index in [0.29, 0.717) is 6.61 Å². The van der Waals surface area contributed by atoms with Gasteiger partial charge in [-0.05, 0) is 30.2 Å². The largest absolute Gasteiger partial charge is 0.377 e. The first kappa shape index (κ1) is 18.2. The van der Waals surface area contributed by atoms with Gasteiger partial charge in [-0.2, -0.15) is 0 Å². The Hall–Kier alpha value is 0.140. The number of unbranched alkanes of at least 4 members (excludes halogenated alkanes) is 7. The van der Waals surface area contributed by atoms with Crippen LogP contribution in [0.1, 0.15) is 63.9 Å². The van der Waals surface area contributed by atoms with Crippen LogP contribution in [-0.4, -0.2) is 6.61 Å². The van der Waals surface area contributed by atoms with Gasteiger partial charge in [0.1, 0.15) is 0 Å². The van der Waals surface area contributed by atoms with E-state index in [1.807, 2.05) is 6.07 Å². The van der Waals surface area contributed by atoms with Crippen LogP contribution in [0.25, 0.3) is 0 Å². The number of rotatable bonds is 11. The smallest absolute Gasteiger partial charge is 0.0717 e. The maximum Gasteiger partial charge on any atom is 0.0717 e. The third-order valence-electron chi connectivity index (χ3n) is 3.33. The molecular formula is C17H26Br2O. The minimum atomic E-state index is 0.703. The van der Waals surface area contributed by atoms with Crippen molar-refractivity contribution in [2.75, 3.05) is 6.61 Å². The molecule has 1 aromatic rings. The second-order valence-corrected chi connectivity index (χ2v) is 7.14. The molecule has 0 aliphatic carbocycles. The first-order chi connectivity index (χ1) is 9.72. The highest BCUT2D eigenvalue weighted by Gasteiger charge is 1.98. The van der Waals surface area contributed by atoms with Gasteiger partial charge in [0.2, 0.25) is 0 Å². The van der Waals surface area contributed by atoms with E-state index < -0.39 is 0 Å². The van der Waals surface area contributed by atoms with E-state index in [2.05, 4.69) is 50.9 Å². The van der Waals surface area contributed by atoms with Gasteiger partial charge in [-0.1, -0.05) is 83.7 Å². The van der Waals surface area contributed by atoms with Gasteiger partial charge < -0.3 is 4.74 Å². The van der Waals surface area contributed by atoms with Crippen molar-refractivity contribution < 1.29 is 4.74 Å². The van der Waals surface area contributed by atoms with Crippen LogP contribution >= 0.6 is 31.9 Å². The Kier molecular flexibility index (Phi) is 10.7. The third kappa shape index (κ3) is 9.15. The summed E-state index contributed by atoms with van der Waals surface area (Å²) in [7, 11) is 0. The van der Waals surface area contributed by atoms with Crippen LogP contribution in [0, 0.1) is 0 Å². The monoisotopic (exact) mass is 404 g/mol. The highest BCUT2D eigenvalue weighted by atomic mass is 79.9. The molecule has 1 nitrogen and oxygen atoms in total. The van der Waals surface area contributed by atoms with Crippen LogP contribution in [-0.2, 0) is 11.3 Å². The summed E-state index contributed by atoms with van der Waals surface area (Å²) < 4.78 is 7.92. The molecule has 1 rings (SSSR count). The summed E-state index contributed by atoms with van der Waals surface area (Å²) in [6.07, 6.45) is 10.8. The maximum atomic E-state index is 5.73. The van der Waals surface area contributed by atoms with Gasteiger partial charge in [-0.25, -0.2) is 0 Å². The third-order valence-corrected chi connectivity index (χ3v) is 4.25. The second-order valence-electron chi connectivity index (χ2n) is 5.31. The van der Waals surface area contributed by atoms with Crippen LogP contribution in [0.15, 0.2) is 27.1 Å². The molecule has 20 heavy (non-hydrogen) atoms. The Balaban J connectivity index is 1.97. The van der Waals surface area contributed by atoms with Crippen LogP contribution in [0.5, 0.6) is 0 Å². The lowest BCUT2D eigenvalue weighted by atomic mass is 10.1. The van der Waals surface area contributed by atoms with Crippen molar-refractivity contribution >= 4 is 31.9 Å². The molecule has 0 atom stereocenters. The fraction of sp³-hybridized carbons (Fsp3) is 0.647. The van der Waals surface area contributed by atoms with Gasteiger partial charge in [0.05, 0.1) is 6.61 Å². The molecule has 0 N–H and O–H groups in total. The molecule has 0 aliphatic rings. The summed E-state index contributed by atoms with van der Waals surface area (Å²) in [4.78, 5) is 0. The molecule has 0 saturated carbocycles. The summed E-state index contributed by atoms with van der Waals surface area (Å²) in [5, 5.41) is 0. The van der Waals surface area contributed by atoms with E-state index in [-0.39, 0.29) is 0 Å². The van der Waals surface area contributed by atoms with Gasteiger partial charge in [-0.15, -0.1) is 0 Å². The topological polar surface area (TPSA) is 9.23 Å². The molecule has 0 amide bonds. The first-order valence-electron chi connectivity index (χ1n) is 7.75. The highest BCUT2D eigenvalue weighted by molar-refractivity contribution is 9.11. The predicted octanol–water partition coefficient (Wildman–Crippen LogP) is 6.87. The zero-order valence-electron chi connectivity index (χ0n) is 12.5. The molecule has 0 aromatic heterocycles. The van der Waals surface area contributed by atoms with Gasteiger partial charge >= 0.3 is 0 Å². The molecule has 0 aliphatic heterocycles. The Morgan fingerprint density at radius 1 is 0.800 bits per heavy atom. The van der Waals surface area contributed by atoms with Crippen molar-refractivity contribution in [2.24, 2.45) is 0 Å². The lowest BCUT2D eigenvalue weighted by molar-refractivity contribution is 0.116. The summed E-state index contributed by atoms with van der Waals surface area (Å²) in [6, 6.07) is 6.26. The number of ether oxygens (including phenoxy) is 1. The van der Waals surface area contributed by atoms with E-state index in [1.54, 1.807) is 0 Å². The maximum absolute atomic E-state index is 5.73. The van der Waals surface area contributed by atoms with Crippen LogP contribution in [0.3, 0.4) is 0 Å². The average Bonchev–Trinajstić information content (AvgIpc) is 2.40. The molecule has 3 heteroatoms. The molecule has 0 bridgehead atoms. The van der Waals surface area contributed by atoms with Crippen molar-refractivity contribution in [3.05, 3.63) is 32.7 Å². The van der Waals surface area contributed by atoms with Crippen LogP contribution < -0.4 is 0 Å². The van der Waals surface area contributed by atoms with E-state index in [4.69, 9.17) is 4.74 Å². The molecule has 0 saturated heterocycles. The fourth-order valence-electron chi connectivity index (χ4n) is 2.22. The molecule has 1 aromatic carbocycles. The number of halogens is 2. The van der Waals surface area contributed by atoms with E-state index in [0.717, 1.165) is 15.6 Å². The SMILES string of the molecule is CCCCCCCCCCOCc1cc(Br)cc(Br)c1. The normalized spacial score (nSPS) is 10.9. The van der Waals surface area contributed by atoms with E-state index in [9.17, 15) is 0 Å². The number of hydrogen-bond acceptors (Lipinski definition) is 1. The predicted molar refractivity (Wildman–Crippen MR) is 94.1 cm³/mol. The Morgan fingerprint density at radius 2 is 1.35 bits per heavy atom. The lowest BCUT2D eigenvalue weighted by Gasteiger charge is -2.06. The van der Waals surface area contributed by atoms with Crippen LogP contribution in [0.4, 0.5) is 0 Å². The van der Waals surface area contributed by atoms with Crippen molar-refractivity contribution in [1.82, 2.24) is 0 Å². The average molecular weight is 406 g/mol. The van der Waals surface area contributed by atoms with Crippen LogP contribution in [0.2, 0.25) is 0 Å². The highest BCUT2D eigenvalue weighted by Crippen LogP contribution is 2.20. The molecule has 0 heterocycles. The quantitative estimate of drug-likeness (QED) is 0.365. The van der Waals surface area contributed by atoms with Gasteiger partial charge in [0.25, 0.3) is 0 Å². The Morgan fingerprint density at radius 3 is 1.95 bits per heavy atom. The Labute approximate surface area is 140 Å². The zero-order chi connectivity index (χ0) is 14.6. The van der Waals surface area contributed by atoms with E-state index in [1.165, 1.54) is 56.9 Å². The van der Waals surface area contributed by atoms with Gasteiger partial charge in [0, 0.05) is 15.6 Å². The lowest BCUT2D eigenvalue weighted by Crippen LogP contribution is -1.96. The van der Waals surface area contributed by atoms with Crippen molar-refractivity contribution in [1.29, 1.82) is 0 Å². The number of benzene rings is 1. The molecule has 0 spiro atoms. The standard InChI is InChI=1S/C17H26Br2O/c1-2-3-4-5-6-7-8-9-10-20-14-15-11-16(18)13-17(19)12-15/h11-13H,2-10,14H2,1H3. The minimum absolute atomic E-state index is 0.703. The van der Waals surface area contributed by atoms with Crippen molar-refractivity contribution in [3.63, 3.8) is 0 Å². The van der Waals surface area contributed by atoms with Crippen molar-refractivity contribution in [2.45, 2.75) is 64.9 Å². The van der Waals surface area contributed by atoms with Gasteiger partial charge in [0.15, 0.2) is 0 Å². The second kappa shape index (κ2) is 11.8. The number of hydrogen-bond donors (Lipinski definition) is 0. The summed E-state index contributed by atoms with van der Waals surface area (Å²) in [5.74, 6) is 0. The molecule has 114 valence electrons. The Bertz CT molecular complexity index is 346. The van der Waals surface area contributed by atoms with Gasteiger partial charge in [-0.3, -0.25) is 0 Å². The first-order valence-corrected chi connectivity index (χ1v) is 9.33.